The molecule has 0 aliphatic heterocycles. The molecule has 0 spiro atoms. The first-order valence-corrected chi connectivity index (χ1v) is 6.49. The summed E-state index contributed by atoms with van der Waals surface area (Å²) in [5, 5.41) is 0. The summed E-state index contributed by atoms with van der Waals surface area (Å²) in [6, 6.07) is 2.92. The summed E-state index contributed by atoms with van der Waals surface area (Å²) in [6.45, 7) is 7.21. The van der Waals surface area contributed by atoms with E-state index >= 15 is 0 Å². The maximum atomic E-state index is 13.0. The third-order valence-corrected chi connectivity index (χ3v) is 3.90. The fourth-order valence-corrected chi connectivity index (χ4v) is 2.04. The maximum Gasteiger partial charge on any atom is 0.136 e. The van der Waals surface area contributed by atoms with Crippen molar-refractivity contribution in [3.05, 3.63) is 35.4 Å². The monoisotopic (exact) mass is 261 g/mol. The number of nitrogens with one attached hydrogen (secondary N) is 1. The largest absolute Gasteiger partial charge is 0.598 e. The van der Waals surface area contributed by atoms with E-state index in [1.54, 1.807) is 6.92 Å². The second-order valence-corrected chi connectivity index (χ2v) is 6.92. The number of rotatable bonds is 3. The van der Waals surface area contributed by atoms with E-state index in [4.69, 9.17) is 0 Å². The van der Waals surface area contributed by atoms with E-state index in [2.05, 4.69) is 4.72 Å². The molecule has 0 aromatic heterocycles. The van der Waals surface area contributed by atoms with Gasteiger partial charge in [-0.15, -0.1) is 4.72 Å². The molecular weight excluding hydrogens is 244 g/mol. The molecule has 1 aromatic carbocycles. The van der Waals surface area contributed by atoms with Crippen LogP contribution in [0.3, 0.4) is 0 Å². The van der Waals surface area contributed by atoms with Crippen LogP contribution < -0.4 is 4.72 Å². The highest BCUT2D eigenvalue weighted by molar-refractivity contribution is 7.90. The van der Waals surface area contributed by atoms with Gasteiger partial charge in [-0.3, -0.25) is 0 Å². The van der Waals surface area contributed by atoms with Crippen molar-refractivity contribution in [2.75, 3.05) is 0 Å². The standard InChI is InChI=1S/C12H17F2NOS/c1-8(15-17(16)12(2,3)4)9-5-10(13)7-11(14)6-9/h5-8,15H,1-4H3/t8-,17?/m1/s1. The lowest BCUT2D eigenvalue weighted by Crippen LogP contribution is -2.40. The Morgan fingerprint density at radius 3 is 2.06 bits per heavy atom. The molecule has 0 aliphatic carbocycles. The van der Waals surface area contributed by atoms with Crippen molar-refractivity contribution in [1.29, 1.82) is 0 Å². The first kappa shape index (κ1) is 14.4. The zero-order chi connectivity index (χ0) is 13.2. The number of hydrogen-bond donors (Lipinski definition) is 1. The molecule has 0 aliphatic rings. The third kappa shape index (κ3) is 4.26. The van der Waals surface area contributed by atoms with Crippen molar-refractivity contribution in [2.45, 2.75) is 38.5 Å². The van der Waals surface area contributed by atoms with Crippen LogP contribution in [0.4, 0.5) is 8.78 Å². The summed E-state index contributed by atoms with van der Waals surface area (Å²) in [4.78, 5) is 0. The van der Waals surface area contributed by atoms with Gasteiger partial charge in [0.2, 0.25) is 0 Å². The van der Waals surface area contributed by atoms with Gasteiger partial charge >= 0.3 is 0 Å². The molecule has 0 fully saturated rings. The Labute approximate surface area is 104 Å². The van der Waals surface area contributed by atoms with Gasteiger partial charge in [-0.1, -0.05) is 0 Å². The number of halogens is 2. The lowest BCUT2D eigenvalue weighted by molar-refractivity contribution is 0.527. The molecule has 1 aromatic rings. The first-order chi connectivity index (χ1) is 7.70. The van der Waals surface area contributed by atoms with Gasteiger partial charge in [-0.25, -0.2) is 8.78 Å². The van der Waals surface area contributed by atoms with Gasteiger partial charge in [0, 0.05) is 17.4 Å². The number of hydrogen-bond acceptors (Lipinski definition) is 2. The van der Waals surface area contributed by atoms with Crippen LogP contribution in [-0.2, 0) is 11.4 Å². The minimum atomic E-state index is -1.28. The van der Waals surface area contributed by atoms with E-state index in [0.717, 1.165) is 6.07 Å². The van der Waals surface area contributed by atoms with Crippen molar-refractivity contribution >= 4 is 11.4 Å². The molecule has 0 bridgehead atoms. The fourth-order valence-electron chi connectivity index (χ4n) is 1.23. The van der Waals surface area contributed by atoms with Crippen LogP contribution in [-0.4, -0.2) is 9.30 Å². The van der Waals surface area contributed by atoms with Crippen molar-refractivity contribution in [3.8, 4) is 0 Å². The predicted molar refractivity (Wildman–Crippen MR) is 65.8 cm³/mol. The first-order valence-electron chi connectivity index (χ1n) is 5.34. The minimum Gasteiger partial charge on any atom is -0.598 e. The summed E-state index contributed by atoms with van der Waals surface area (Å²) >= 11 is -1.28. The predicted octanol–water partition coefficient (Wildman–Crippen LogP) is 3.08. The lowest BCUT2D eigenvalue weighted by atomic mass is 10.1. The van der Waals surface area contributed by atoms with E-state index < -0.39 is 27.7 Å². The van der Waals surface area contributed by atoms with Crippen LogP contribution in [0.25, 0.3) is 0 Å². The van der Waals surface area contributed by atoms with Crippen molar-refractivity contribution in [3.63, 3.8) is 0 Å². The number of benzene rings is 1. The zero-order valence-corrected chi connectivity index (χ0v) is 11.2. The highest BCUT2D eigenvalue weighted by atomic mass is 32.2. The molecular formula is C12H17F2NOS. The molecule has 0 saturated heterocycles. The summed E-state index contributed by atoms with van der Waals surface area (Å²) < 4.78 is 40.3. The quantitative estimate of drug-likeness (QED) is 0.849. The van der Waals surface area contributed by atoms with Gasteiger partial charge in [0.05, 0.1) is 6.04 Å². The van der Waals surface area contributed by atoms with Gasteiger partial charge in [-0.05, 0) is 45.4 Å². The average Bonchev–Trinajstić information content (AvgIpc) is 2.14. The van der Waals surface area contributed by atoms with E-state index in [0.29, 0.717) is 5.56 Å². The molecule has 0 saturated carbocycles. The summed E-state index contributed by atoms with van der Waals surface area (Å²) in [5.41, 5.74) is 0.445. The van der Waals surface area contributed by atoms with Gasteiger partial charge in [-0.2, -0.15) is 0 Å². The van der Waals surface area contributed by atoms with Gasteiger partial charge < -0.3 is 4.55 Å². The van der Waals surface area contributed by atoms with Crippen LogP contribution in [0.2, 0.25) is 0 Å². The second-order valence-electron chi connectivity index (χ2n) is 4.92. The summed E-state index contributed by atoms with van der Waals surface area (Å²) in [6.07, 6.45) is 0. The van der Waals surface area contributed by atoms with Crippen LogP contribution in [0.15, 0.2) is 18.2 Å². The second kappa shape index (κ2) is 5.33. The molecule has 2 atom stereocenters. The molecule has 17 heavy (non-hydrogen) atoms. The maximum absolute atomic E-state index is 13.0. The molecule has 0 heterocycles. The molecule has 5 heteroatoms. The Balaban J connectivity index is 2.79. The molecule has 0 amide bonds. The molecule has 1 unspecified atom stereocenters. The van der Waals surface area contributed by atoms with Gasteiger partial charge in [0.1, 0.15) is 16.4 Å². The lowest BCUT2D eigenvalue weighted by Gasteiger charge is -2.26. The van der Waals surface area contributed by atoms with Crippen LogP contribution >= 0.6 is 0 Å². The van der Waals surface area contributed by atoms with Crippen molar-refractivity contribution < 1.29 is 13.3 Å². The Bertz CT molecular complexity index is 372. The molecule has 96 valence electrons. The zero-order valence-electron chi connectivity index (χ0n) is 10.4. The molecule has 2 nitrogen and oxygen atoms in total. The normalized spacial score (nSPS) is 15.7. The van der Waals surface area contributed by atoms with E-state index in [1.165, 1.54) is 12.1 Å². The average molecular weight is 261 g/mol. The highest BCUT2D eigenvalue weighted by Gasteiger charge is 2.28. The Kier molecular flexibility index (Phi) is 4.52. The van der Waals surface area contributed by atoms with E-state index in [1.807, 2.05) is 20.8 Å². The molecule has 1 rings (SSSR count). The molecule has 1 N–H and O–H groups in total. The van der Waals surface area contributed by atoms with Crippen molar-refractivity contribution in [2.24, 2.45) is 0 Å². The Morgan fingerprint density at radius 2 is 1.65 bits per heavy atom. The van der Waals surface area contributed by atoms with Gasteiger partial charge in [0.15, 0.2) is 0 Å². The smallest absolute Gasteiger partial charge is 0.136 e. The topological polar surface area (TPSA) is 35.1 Å². The minimum absolute atomic E-state index is 0.375. The van der Waals surface area contributed by atoms with Crippen molar-refractivity contribution in [1.82, 2.24) is 4.72 Å². The Hall–Kier alpha value is -0.650. The van der Waals surface area contributed by atoms with E-state index in [9.17, 15) is 13.3 Å². The highest BCUT2D eigenvalue weighted by Crippen LogP contribution is 2.20. The van der Waals surface area contributed by atoms with E-state index in [-0.39, 0.29) is 6.04 Å². The fraction of sp³-hybridized carbons (Fsp3) is 0.500. The van der Waals surface area contributed by atoms with Gasteiger partial charge in [0.25, 0.3) is 0 Å². The summed E-state index contributed by atoms with van der Waals surface area (Å²) in [7, 11) is 0. The third-order valence-electron chi connectivity index (χ3n) is 2.22. The SMILES string of the molecule is C[C@@H](N[S+]([O-])C(C)(C)C)c1cc(F)cc(F)c1. The van der Waals surface area contributed by atoms with Crippen LogP contribution in [0.1, 0.15) is 39.3 Å². The summed E-state index contributed by atoms with van der Waals surface area (Å²) in [5.74, 6) is -1.26. The Morgan fingerprint density at radius 1 is 1.18 bits per heavy atom. The molecule has 0 radical (unpaired) electrons. The van der Waals surface area contributed by atoms with Crippen LogP contribution in [0.5, 0.6) is 0 Å². The van der Waals surface area contributed by atoms with Crippen LogP contribution in [0, 0.1) is 11.6 Å².